The second kappa shape index (κ2) is 7.19. The molecule has 0 unspecified atom stereocenters. The van der Waals surface area contributed by atoms with Gasteiger partial charge < -0.3 is 4.74 Å². The van der Waals surface area contributed by atoms with Gasteiger partial charge in [0.05, 0.1) is 4.92 Å². The first-order valence-corrected chi connectivity index (χ1v) is 6.71. The Morgan fingerprint density at radius 1 is 1.17 bits per heavy atom. The van der Waals surface area contributed by atoms with Gasteiger partial charge in [0.2, 0.25) is 0 Å². The topological polar surface area (TPSA) is 107 Å². The van der Waals surface area contributed by atoms with E-state index in [-0.39, 0.29) is 11.4 Å². The van der Waals surface area contributed by atoms with Crippen molar-refractivity contribution in [2.45, 2.75) is 6.92 Å². The molecule has 0 atom stereocenters. The van der Waals surface area contributed by atoms with Gasteiger partial charge in [-0.1, -0.05) is 17.7 Å². The van der Waals surface area contributed by atoms with Crippen molar-refractivity contribution in [2.24, 2.45) is 5.84 Å². The fourth-order valence-corrected chi connectivity index (χ4v) is 1.79. The van der Waals surface area contributed by atoms with Crippen molar-refractivity contribution in [1.29, 1.82) is 0 Å². The number of nitrogens with zero attached hydrogens (tertiary/aromatic N) is 1. The highest BCUT2D eigenvalue weighted by Gasteiger charge is 2.12. The van der Waals surface area contributed by atoms with Crippen LogP contribution in [0.15, 0.2) is 54.3 Å². The number of amides is 1. The maximum absolute atomic E-state index is 11.8. The quantitative estimate of drug-likeness (QED) is 0.220. The molecule has 0 fully saturated rings. The second-order valence-corrected chi connectivity index (χ2v) is 4.75. The highest BCUT2D eigenvalue weighted by atomic mass is 16.6. The van der Waals surface area contributed by atoms with E-state index in [9.17, 15) is 14.9 Å². The van der Waals surface area contributed by atoms with Crippen LogP contribution in [0.3, 0.4) is 0 Å². The van der Waals surface area contributed by atoms with Gasteiger partial charge in [0.25, 0.3) is 5.69 Å². The molecule has 0 saturated carbocycles. The predicted octanol–water partition coefficient (Wildman–Crippen LogP) is 2.31. The van der Waals surface area contributed by atoms with Gasteiger partial charge in [0, 0.05) is 12.1 Å². The zero-order valence-electron chi connectivity index (χ0n) is 12.4. The Hall–Kier alpha value is -3.19. The lowest BCUT2D eigenvalue weighted by molar-refractivity contribution is -0.384. The lowest BCUT2D eigenvalue weighted by Crippen LogP contribution is -2.33. The first-order valence-electron chi connectivity index (χ1n) is 6.71. The van der Waals surface area contributed by atoms with E-state index in [1.54, 1.807) is 12.1 Å². The van der Waals surface area contributed by atoms with Crippen molar-refractivity contribution in [3.63, 3.8) is 0 Å². The molecule has 0 aliphatic rings. The molecule has 7 nitrogen and oxygen atoms in total. The molecule has 0 aliphatic carbocycles. The van der Waals surface area contributed by atoms with Crippen molar-refractivity contribution >= 4 is 17.7 Å². The van der Waals surface area contributed by atoms with Crippen LogP contribution in [0.4, 0.5) is 5.69 Å². The third-order valence-electron chi connectivity index (χ3n) is 3.01. The number of nitrogens with one attached hydrogen (secondary N) is 1. The van der Waals surface area contributed by atoms with Gasteiger partial charge in [0.15, 0.2) is 5.76 Å². The number of non-ortho nitro benzene ring substituents is 1. The van der Waals surface area contributed by atoms with E-state index in [2.05, 4.69) is 0 Å². The van der Waals surface area contributed by atoms with Crippen LogP contribution < -0.4 is 16.0 Å². The summed E-state index contributed by atoms with van der Waals surface area (Å²) in [5.41, 5.74) is 3.60. The normalized spacial score (nSPS) is 11.0. The standard InChI is InChI=1S/C16H15N3O4/c1-11-2-8-14(9-3-11)23-15(16(20)18-17)10-12-4-6-13(7-5-12)19(21)22/h2-10H,17H2,1H3,(H,18,20)/b15-10-. The summed E-state index contributed by atoms with van der Waals surface area (Å²) in [7, 11) is 0. The molecule has 3 N–H and O–H groups in total. The number of benzene rings is 2. The molecular formula is C16H15N3O4. The summed E-state index contributed by atoms with van der Waals surface area (Å²) in [6, 6.07) is 12.9. The molecule has 23 heavy (non-hydrogen) atoms. The first-order chi connectivity index (χ1) is 11.0. The number of carbonyl (C=O) groups is 1. The summed E-state index contributed by atoms with van der Waals surface area (Å²) in [4.78, 5) is 22.0. The molecule has 0 heterocycles. The number of carbonyl (C=O) groups excluding carboxylic acids is 1. The van der Waals surface area contributed by atoms with Gasteiger partial charge in [-0.2, -0.15) is 0 Å². The summed E-state index contributed by atoms with van der Waals surface area (Å²) < 4.78 is 5.54. The van der Waals surface area contributed by atoms with E-state index >= 15 is 0 Å². The Bertz CT molecular complexity index is 737. The summed E-state index contributed by atoms with van der Waals surface area (Å²) in [5.74, 6) is 5.01. The van der Waals surface area contributed by atoms with E-state index in [0.29, 0.717) is 11.3 Å². The minimum atomic E-state index is -0.607. The monoisotopic (exact) mass is 313 g/mol. The van der Waals surface area contributed by atoms with Crippen LogP contribution in [-0.4, -0.2) is 10.8 Å². The molecule has 0 bridgehead atoms. The minimum absolute atomic E-state index is 0.0230. The number of nitro groups is 1. The van der Waals surface area contributed by atoms with Crippen LogP contribution in [0.25, 0.3) is 6.08 Å². The highest BCUT2D eigenvalue weighted by molar-refractivity contribution is 5.95. The fraction of sp³-hybridized carbons (Fsp3) is 0.0625. The Balaban J connectivity index is 2.28. The largest absolute Gasteiger partial charge is 0.452 e. The Morgan fingerprint density at radius 3 is 2.30 bits per heavy atom. The number of hydrogen-bond acceptors (Lipinski definition) is 5. The van der Waals surface area contributed by atoms with Crippen molar-refractivity contribution in [2.75, 3.05) is 0 Å². The van der Waals surface area contributed by atoms with Crippen molar-refractivity contribution in [1.82, 2.24) is 5.43 Å². The van der Waals surface area contributed by atoms with Gasteiger partial charge in [0.1, 0.15) is 5.75 Å². The predicted molar refractivity (Wildman–Crippen MR) is 85.2 cm³/mol. The van der Waals surface area contributed by atoms with Crippen LogP contribution in [-0.2, 0) is 4.79 Å². The Kier molecular flexibility index (Phi) is 5.06. The highest BCUT2D eigenvalue weighted by Crippen LogP contribution is 2.18. The fourth-order valence-electron chi connectivity index (χ4n) is 1.79. The molecular weight excluding hydrogens is 298 g/mol. The average molecular weight is 313 g/mol. The Morgan fingerprint density at radius 2 is 1.78 bits per heavy atom. The van der Waals surface area contributed by atoms with Crippen LogP contribution in [0.1, 0.15) is 11.1 Å². The smallest absolute Gasteiger partial charge is 0.300 e. The van der Waals surface area contributed by atoms with Crippen LogP contribution >= 0.6 is 0 Å². The van der Waals surface area contributed by atoms with Gasteiger partial charge in [-0.05, 0) is 42.8 Å². The number of aryl methyl sites for hydroxylation is 1. The molecule has 0 aliphatic heterocycles. The number of ether oxygens (including phenoxy) is 1. The number of rotatable bonds is 5. The summed E-state index contributed by atoms with van der Waals surface area (Å²) in [6.07, 6.45) is 1.45. The van der Waals surface area contributed by atoms with Gasteiger partial charge in [-0.3, -0.25) is 20.3 Å². The SMILES string of the molecule is Cc1ccc(O/C(=C\c2ccc([N+](=O)[O-])cc2)C(=O)NN)cc1. The van der Waals surface area contributed by atoms with E-state index in [4.69, 9.17) is 10.6 Å². The van der Waals surface area contributed by atoms with E-state index in [0.717, 1.165) is 5.56 Å². The summed E-state index contributed by atoms with van der Waals surface area (Å²) in [5, 5.41) is 10.6. The average Bonchev–Trinajstić information content (AvgIpc) is 2.56. The molecule has 118 valence electrons. The molecule has 2 rings (SSSR count). The van der Waals surface area contributed by atoms with Crippen LogP contribution in [0.5, 0.6) is 5.75 Å². The van der Waals surface area contributed by atoms with Crippen molar-refractivity contribution in [3.8, 4) is 5.75 Å². The van der Waals surface area contributed by atoms with Crippen LogP contribution in [0, 0.1) is 17.0 Å². The zero-order chi connectivity index (χ0) is 16.8. The number of nitro benzene ring substituents is 1. The molecule has 0 spiro atoms. The number of hydrazine groups is 1. The summed E-state index contributed by atoms with van der Waals surface area (Å²) >= 11 is 0. The van der Waals surface area contributed by atoms with Gasteiger partial charge in [-0.25, -0.2) is 5.84 Å². The maximum atomic E-state index is 11.8. The molecule has 0 aromatic heterocycles. The van der Waals surface area contributed by atoms with Crippen molar-refractivity contribution in [3.05, 3.63) is 75.5 Å². The second-order valence-electron chi connectivity index (χ2n) is 4.75. The molecule has 0 saturated heterocycles. The summed E-state index contributed by atoms with van der Waals surface area (Å²) in [6.45, 7) is 1.93. The lowest BCUT2D eigenvalue weighted by Gasteiger charge is -2.09. The molecule has 2 aromatic rings. The number of hydrogen-bond donors (Lipinski definition) is 2. The molecule has 1 amide bonds. The van der Waals surface area contributed by atoms with E-state index in [1.807, 2.05) is 24.5 Å². The molecule has 0 radical (unpaired) electrons. The van der Waals surface area contributed by atoms with Crippen molar-refractivity contribution < 1.29 is 14.5 Å². The third kappa shape index (κ3) is 4.39. The van der Waals surface area contributed by atoms with Crippen LogP contribution in [0.2, 0.25) is 0 Å². The molecule has 7 heteroatoms. The van der Waals surface area contributed by atoms with E-state index in [1.165, 1.54) is 30.3 Å². The number of nitrogens with two attached hydrogens (primary N) is 1. The first kappa shape index (κ1) is 16.2. The van der Waals surface area contributed by atoms with Gasteiger partial charge >= 0.3 is 5.91 Å². The third-order valence-corrected chi connectivity index (χ3v) is 3.01. The molecule has 2 aromatic carbocycles. The maximum Gasteiger partial charge on any atom is 0.300 e. The lowest BCUT2D eigenvalue weighted by atomic mass is 10.2. The van der Waals surface area contributed by atoms with Gasteiger partial charge in [-0.15, -0.1) is 0 Å². The Labute approximate surface area is 132 Å². The zero-order valence-corrected chi connectivity index (χ0v) is 12.4. The van der Waals surface area contributed by atoms with E-state index < -0.39 is 10.8 Å². The minimum Gasteiger partial charge on any atom is -0.452 e.